The van der Waals surface area contributed by atoms with Gasteiger partial charge in [0, 0.05) is 38.3 Å². The summed E-state index contributed by atoms with van der Waals surface area (Å²) in [6, 6.07) is 5.63. The molecule has 0 saturated carbocycles. The molecule has 0 fully saturated rings. The quantitative estimate of drug-likeness (QED) is 0.551. The largest absolute Gasteiger partial charge is 0.506 e. The van der Waals surface area contributed by atoms with Crippen LogP contribution in [0.3, 0.4) is 0 Å². The van der Waals surface area contributed by atoms with Crippen molar-refractivity contribution in [3.05, 3.63) is 30.0 Å². The van der Waals surface area contributed by atoms with Crippen LogP contribution in [-0.2, 0) is 27.9 Å². The first-order valence-corrected chi connectivity index (χ1v) is 9.10. The van der Waals surface area contributed by atoms with E-state index in [1.54, 1.807) is 13.2 Å². The van der Waals surface area contributed by atoms with E-state index >= 15 is 0 Å². The van der Waals surface area contributed by atoms with Gasteiger partial charge in [-0.15, -0.1) is 0 Å². The Bertz CT molecular complexity index is 798. The van der Waals surface area contributed by atoms with Crippen molar-refractivity contribution in [2.24, 2.45) is 0 Å². The lowest BCUT2D eigenvalue weighted by Crippen LogP contribution is -2.23. The van der Waals surface area contributed by atoms with Crippen LogP contribution in [0.2, 0.25) is 0 Å². The van der Waals surface area contributed by atoms with Gasteiger partial charge in [0.25, 0.3) is 0 Å². The monoisotopic (exact) mass is 339 g/mol. The molecular formula is C15H21N3O4S. The number of nitrogens with zero attached hydrogens (tertiary/aromatic N) is 2. The normalized spacial score (nSPS) is 11.7. The highest BCUT2D eigenvalue weighted by Gasteiger charge is 2.09. The molecule has 0 radical (unpaired) electrons. The Morgan fingerprint density at radius 3 is 2.78 bits per heavy atom. The minimum absolute atomic E-state index is 0.186. The number of sulfonamides is 1. The van der Waals surface area contributed by atoms with E-state index in [1.165, 1.54) is 4.90 Å². The van der Waals surface area contributed by atoms with Crippen LogP contribution >= 0.6 is 0 Å². The average Bonchev–Trinajstić information content (AvgIpc) is 2.78. The van der Waals surface area contributed by atoms with Gasteiger partial charge in [-0.25, -0.2) is 13.1 Å². The number of carbonyl (C=O) groups is 1. The lowest BCUT2D eigenvalue weighted by atomic mass is 10.1. The Morgan fingerprint density at radius 1 is 1.39 bits per heavy atom. The topological polar surface area (TPSA) is 91.6 Å². The number of aromatic hydroxyl groups is 1. The van der Waals surface area contributed by atoms with Crippen molar-refractivity contribution in [3.8, 4) is 5.75 Å². The number of aromatic nitrogens is 1. The molecule has 1 heterocycles. The number of benzene rings is 1. The molecule has 126 valence electrons. The maximum atomic E-state index is 11.0. The second-order valence-electron chi connectivity index (χ2n) is 5.60. The fourth-order valence-electron chi connectivity index (χ4n) is 2.43. The van der Waals surface area contributed by atoms with Crippen LogP contribution < -0.4 is 4.72 Å². The van der Waals surface area contributed by atoms with E-state index in [4.69, 9.17) is 0 Å². The van der Waals surface area contributed by atoms with Crippen molar-refractivity contribution in [1.82, 2.24) is 14.2 Å². The van der Waals surface area contributed by atoms with Crippen molar-refractivity contribution in [3.63, 3.8) is 0 Å². The maximum Gasteiger partial charge on any atom is 0.209 e. The van der Waals surface area contributed by atoms with Gasteiger partial charge in [-0.05, 0) is 24.1 Å². The fourth-order valence-corrected chi connectivity index (χ4v) is 2.95. The number of fused-ring (bicyclic) bond motifs is 1. The molecule has 0 bridgehead atoms. The summed E-state index contributed by atoms with van der Waals surface area (Å²) in [5.74, 6) is 0.186. The first-order valence-electron chi connectivity index (χ1n) is 7.21. The van der Waals surface area contributed by atoms with Crippen LogP contribution in [0.25, 0.3) is 10.9 Å². The molecule has 0 aliphatic heterocycles. The third kappa shape index (κ3) is 4.70. The molecule has 0 aliphatic rings. The zero-order valence-electron chi connectivity index (χ0n) is 13.2. The van der Waals surface area contributed by atoms with Gasteiger partial charge < -0.3 is 14.6 Å². The second-order valence-corrected chi connectivity index (χ2v) is 7.43. The summed E-state index contributed by atoms with van der Waals surface area (Å²) in [5, 5.41) is 10.7. The average molecular weight is 339 g/mol. The Hall–Kier alpha value is -2.06. The number of hydrogen-bond donors (Lipinski definition) is 2. The number of rotatable bonds is 8. The SMILES string of the molecule is CN(C=O)Cc1ccc2c(O)cn(CCCNS(C)(=O)=O)c2c1. The van der Waals surface area contributed by atoms with Gasteiger partial charge >= 0.3 is 0 Å². The molecule has 1 aromatic heterocycles. The second kappa shape index (κ2) is 7.01. The molecule has 7 nitrogen and oxygen atoms in total. The van der Waals surface area contributed by atoms with E-state index < -0.39 is 10.0 Å². The first-order chi connectivity index (χ1) is 10.8. The van der Waals surface area contributed by atoms with Crippen LogP contribution in [-0.4, -0.2) is 49.2 Å². The van der Waals surface area contributed by atoms with Crippen LogP contribution in [0.5, 0.6) is 5.75 Å². The van der Waals surface area contributed by atoms with Gasteiger partial charge in [-0.1, -0.05) is 6.07 Å². The summed E-state index contributed by atoms with van der Waals surface area (Å²) in [6.45, 7) is 1.40. The van der Waals surface area contributed by atoms with Gasteiger partial charge in [-0.2, -0.15) is 0 Å². The molecule has 0 spiro atoms. The summed E-state index contributed by atoms with van der Waals surface area (Å²) in [7, 11) is -1.49. The third-order valence-corrected chi connectivity index (χ3v) is 4.21. The van der Waals surface area contributed by atoms with Gasteiger partial charge in [0.05, 0.1) is 11.8 Å². The molecule has 0 aliphatic carbocycles. The van der Waals surface area contributed by atoms with E-state index in [1.807, 2.05) is 22.8 Å². The molecule has 0 saturated heterocycles. The summed E-state index contributed by atoms with van der Waals surface area (Å²) in [4.78, 5) is 12.3. The van der Waals surface area contributed by atoms with Crippen molar-refractivity contribution >= 4 is 27.3 Å². The predicted molar refractivity (Wildman–Crippen MR) is 88.6 cm³/mol. The van der Waals surface area contributed by atoms with Crippen molar-refractivity contribution in [2.45, 2.75) is 19.5 Å². The Balaban J connectivity index is 2.15. The van der Waals surface area contributed by atoms with Gasteiger partial charge in [0.15, 0.2) is 0 Å². The smallest absolute Gasteiger partial charge is 0.209 e. The molecule has 8 heteroatoms. The number of aryl methyl sites for hydroxylation is 1. The van der Waals surface area contributed by atoms with E-state index in [0.29, 0.717) is 26.1 Å². The number of nitrogens with one attached hydrogen (secondary N) is 1. The van der Waals surface area contributed by atoms with Crippen molar-refractivity contribution in [1.29, 1.82) is 0 Å². The molecule has 2 N–H and O–H groups in total. The van der Waals surface area contributed by atoms with Gasteiger partial charge in [0.1, 0.15) is 5.75 Å². The van der Waals surface area contributed by atoms with Crippen molar-refractivity contribution in [2.75, 3.05) is 19.8 Å². The minimum Gasteiger partial charge on any atom is -0.506 e. The van der Waals surface area contributed by atoms with E-state index in [2.05, 4.69) is 4.72 Å². The molecule has 1 amide bonds. The zero-order valence-corrected chi connectivity index (χ0v) is 14.0. The highest BCUT2D eigenvalue weighted by atomic mass is 32.2. The Labute approximate surface area is 135 Å². The molecule has 0 unspecified atom stereocenters. The minimum atomic E-state index is -3.19. The summed E-state index contributed by atoms with van der Waals surface area (Å²) in [6.07, 6.45) is 4.13. The number of amides is 1. The molecule has 23 heavy (non-hydrogen) atoms. The molecular weight excluding hydrogens is 318 g/mol. The number of carbonyl (C=O) groups excluding carboxylic acids is 1. The lowest BCUT2D eigenvalue weighted by molar-refractivity contribution is -0.117. The predicted octanol–water partition coefficient (Wildman–Crippen LogP) is 0.874. The van der Waals surface area contributed by atoms with Crippen molar-refractivity contribution < 1.29 is 18.3 Å². The molecule has 0 atom stereocenters. The zero-order chi connectivity index (χ0) is 17.0. The third-order valence-electron chi connectivity index (χ3n) is 3.48. The summed E-state index contributed by atoms with van der Waals surface area (Å²) in [5.41, 5.74) is 1.82. The van der Waals surface area contributed by atoms with Gasteiger partial charge in [-0.3, -0.25) is 4.79 Å². The fraction of sp³-hybridized carbons (Fsp3) is 0.400. The van der Waals surface area contributed by atoms with E-state index in [9.17, 15) is 18.3 Å². The Morgan fingerprint density at radius 2 is 2.13 bits per heavy atom. The standard InChI is InChI=1S/C15H21N3O4S/c1-17(11-19)9-12-4-5-13-14(8-12)18(10-15(13)20)7-3-6-16-23(2,21)22/h4-5,8,10-11,16,20H,3,6-7,9H2,1-2H3. The van der Waals surface area contributed by atoms with E-state index in [-0.39, 0.29) is 5.75 Å². The summed E-state index contributed by atoms with van der Waals surface area (Å²) < 4.78 is 26.4. The lowest BCUT2D eigenvalue weighted by Gasteiger charge is -2.11. The molecule has 2 rings (SSSR count). The van der Waals surface area contributed by atoms with Crippen LogP contribution in [0.4, 0.5) is 0 Å². The Kier molecular flexibility index (Phi) is 5.27. The van der Waals surface area contributed by atoms with Crippen LogP contribution in [0, 0.1) is 0 Å². The maximum absolute atomic E-state index is 11.0. The first kappa shape index (κ1) is 17.3. The van der Waals surface area contributed by atoms with Gasteiger partial charge in [0.2, 0.25) is 16.4 Å². The summed E-state index contributed by atoms with van der Waals surface area (Å²) >= 11 is 0. The molecule has 2 aromatic rings. The van der Waals surface area contributed by atoms with Crippen LogP contribution in [0.15, 0.2) is 24.4 Å². The highest BCUT2D eigenvalue weighted by Crippen LogP contribution is 2.28. The molecule has 1 aromatic carbocycles. The van der Waals surface area contributed by atoms with E-state index in [0.717, 1.165) is 29.1 Å². The highest BCUT2D eigenvalue weighted by molar-refractivity contribution is 7.88. The number of hydrogen-bond acceptors (Lipinski definition) is 4. The van der Waals surface area contributed by atoms with Crippen LogP contribution in [0.1, 0.15) is 12.0 Å².